The Balaban J connectivity index is 1.60. The number of hydrogen-bond donors (Lipinski definition) is 1. The van der Waals surface area contributed by atoms with Crippen LogP contribution in [-0.2, 0) is 11.2 Å². The number of thioether (sulfide) groups is 1. The average Bonchev–Trinajstić information content (AvgIpc) is 2.97. The molecule has 1 heterocycles. The van der Waals surface area contributed by atoms with Crippen molar-refractivity contribution >= 4 is 40.7 Å². The monoisotopic (exact) mass is 373 g/mol. The van der Waals surface area contributed by atoms with Crippen LogP contribution < -0.4 is 10.1 Å². The lowest BCUT2D eigenvalue weighted by Crippen LogP contribution is -2.25. The van der Waals surface area contributed by atoms with Crippen molar-refractivity contribution in [2.75, 3.05) is 7.11 Å². The van der Waals surface area contributed by atoms with Crippen molar-refractivity contribution in [2.45, 2.75) is 11.7 Å². The van der Waals surface area contributed by atoms with E-state index in [2.05, 4.69) is 15.5 Å². The van der Waals surface area contributed by atoms with Crippen molar-refractivity contribution in [3.63, 3.8) is 0 Å². The van der Waals surface area contributed by atoms with Gasteiger partial charge in [0.05, 0.1) is 18.6 Å². The zero-order valence-electron chi connectivity index (χ0n) is 13.5. The molecule has 3 rings (SSSR count). The van der Waals surface area contributed by atoms with E-state index in [1.165, 1.54) is 11.8 Å². The molecule has 0 bridgehead atoms. The van der Waals surface area contributed by atoms with Crippen molar-refractivity contribution in [3.05, 3.63) is 64.7 Å². The molecule has 1 aliphatic rings. The lowest BCUT2D eigenvalue weighted by atomic mass is 10.1. The van der Waals surface area contributed by atoms with Gasteiger partial charge in [-0.25, -0.2) is 0 Å². The number of rotatable bonds is 5. The molecule has 0 saturated carbocycles. The highest BCUT2D eigenvalue weighted by Gasteiger charge is 2.30. The van der Waals surface area contributed by atoms with E-state index in [1.54, 1.807) is 25.5 Å². The van der Waals surface area contributed by atoms with Gasteiger partial charge >= 0.3 is 0 Å². The Hall–Kier alpha value is -2.31. The quantitative estimate of drug-likeness (QED) is 0.644. The van der Waals surface area contributed by atoms with E-state index in [1.807, 2.05) is 36.4 Å². The van der Waals surface area contributed by atoms with Gasteiger partial charge in [-0.1, -0.05) is 47.6 Å². The summed E-state index contributed by atoms with van der Waals surface area (Å²) in [4.78, 5) is 12.1. The summed E-state index contributed by atoms with van der Waals surface area (Å²) in [6.07, 6.45) is 2.24. The second kappa shape index (κ2) is 8.18. The van der Waals surface area contributed by atoms with Crippen LogP contribution in [0.1, 0.15) is 11.1 Å². The molecule has 1 atom stereocenters. The second-order valence-electron chi connectivity index (χ2n) is 5.35. The van der Waals surface area contributed by atoms with Crippen LogP contribution in [0.2, 0.25) is 5.02 Å². The molecule has 2 aromatic rings. The number of carbonyl (C=O) groups is 1. The minimum absolute atomic E-state index is 0.0544. The molecule has 1 amide bonds. The smallest absolute Gasteiger partial charge is 0.239 e. The Labute approximate surface area is 155 Å². The normalized spacial score (nSPS) is 18.7. The first-order chi connectivity index (χ1) is 12.1. The van der Waals surface area contributed by atoms with Crippen molar-refractivity contribution in [3.8, 4) is 5.75 Å². The SMILES string of the molecule is COc1ccc(C[C@H]2S/C(=N/N=C\c3ccc(Cl)cc3)NC2=O)cc1. The number of amides is 1. The van der Waals surface area contributed by atoms with E-state index in [9.17, 15) is 4.79 Å². The number of nitrogens with zero attached hydrogens (tertiary/aromatic N) is 2. The summed E-state index contributed by atoms with van der Waals surface area (Å²) < 4.78 is 5.14. The van der Waals surface area contributed by atoms with Gasteiger partial charge in [-0.2, -0.15) is 5.10 Å². The van der Waals surface area contributed by atoms with E-state index >= 15 is 0 Å². The zero-order chi connectivity index (χ0) is 17.6. The fraction of sp³-hybridized carbons (Fsp3) is 0.167. The zero-order valence-corrected chi connectivity index (χ0v) is 15.1. The maximum atomic E-state index is 12.1. The van der Waals surface area contributed by atoms with E-state index in [4.69, 9.17) is 16.3 Å². The first kappa shape index (κ1) is 17.5. The van der Waals surface area contributed by atoms with Crippen LogP contribution in [0.15, 0.2) is 58.7 Å². The second-order valence-corrected chi connectivity index (χ2v) is 6.98. The van der Waals surface area contributed by atoms with Gasteiger partial charge in [0.25, 0.3) is 0 Å². The Bertz CT molecular complexity index is 804. The lowest BCUT2D eigenvalue weighted by Gasteiger charge is -2.06. The molecular formula is C18H16ClN3O2S. The van der Waals surface area contributed by atoms with Gasteiger partial charge in [-0.3, -0.25) is 4.79 Å². The van der Waals surface area contributed by atoms with Crippen molar-refractivity contribution in [1.82, 2.24) is 5.32 Å². The van der Waals surface area contributed by atoms with Crippen LogP contribution in [0.4, 0.5) is 0 Å². The molecule has 0 aromatic heterocycles. The van der Waals surface area contributed by atoms with Gasteiger partial charge in [-0.05, 0) is 41.8 Å². The number of nitrogens with one attached hydrogen (secondary N) is 1. The first-order valence-corrected chi connectivity index (χ1v) is 8.87. The molecule has 1 fully saturated rings. The Morgan fingerprint density at radius 1 is 1.20 bits per heavy atom. The molecule has 1 aliphatic heterocycles. The molecule has 25 heavy (non-hydrogen) atoms. The van der Waals surface area contributed by atoms with Gasteiger partial charge in [-0.15, -0.1) is 5.10 Å². The molecular weight excluding hydrogens is 358 g/mol. The van der Waals surface area contributed by atoms with Gasteiger partial charge in [0.2, 0.25) is 5.91 Å². The molecule has 1 N–H and O–H groups in total. The Morgan fingerprint density at radius 2 is 1.92 bits per heavy atom. The van der Waals surface area contributed by atoms with Crippen molar-refractivity contribution < 1.29 is 9.53 Å². The van der Waals surface area contributed by atoms with Crippen LogP contribution in [-0.4, -0.2) is 29.6 Å². The summed E-state index contributed by atoms with van der Waals surface area (Å²) in [6.45, 7) is 0. The third kappa shape index (κ3) is 4.84. The topological polar surface area (TPSA) is 63.1 Å². The summed E-state index contributed by atoms with van der Waals surface area (Å²) >= 11 is 7.22. The minimum atomic E-state index is -0.210. The van der Waals surface area contributed by atoms with Crippen LogP contribution in [0.25, 0.3) is 0 Å². The molecule has 5 nitrogen and oxygen atoms in total. The standard InChI is InChI=1S/C18H16ClN3O2S/c1-24-15-8-4-12(5-9-15)10-16-17(23)21-18(25-16)22-20-11-13-2-6-14(19)7-3-13/h2-9,11,16H,10H2,1H3,(H,21,22,23)/b20-11-/t16-/m1/s1. The molecule has 0 spiro atoms. The highest BCUT2D eigenvalue weighted by atomic mass is 35.5. The van der Waals surface area contributed by atoms with Crippen LogP contribution in [0.5, 0.6) is 5.75 Å². The summed E-state index contributed by atoms with van der Waals surface area (Å²) in [5.74, 6) is 0.743. The Morgan fingerprint density at radius 3 is 2.60 bits per heavy atom. The summed E-state index contributed by atoms with van der Waals surface area (Å²) in [6, 6.07) is 15.0. The van der Waals surface area contributed by atoms with E-state index < -0.39 is 0 Å². The van der Waals surface area contributed by atoms with Gasteiger partial charge in [0.15, 0.2) is 5.17 Å². The van der Waals surface area contributed by atoms with Gasteiger partial charge < -0.3 is 10.1 Å². The van der Waals surface area contributed by atoms with E-state index in [0.717, 1.165) is 16.9 Å². The maximum Gasteiger partial charge on any atom is 0.239 e. The molecule has 0 radical (unpaired) electrons. The lowest BCUT2D eigenvalue weighted by molar-refractivity contribution is -0.118. The number of carbonyl (C=O) groups excluding carboxylic acids is 1. The molecule has 128 valence electrons. The van der Waals surface area contributed by atoms with Crippen molar-refractivity contribution in [1.29, 1.82) is 0 Å². The maximum absolute atomic E-state index is 12.1. The van der Waals surface area contributed by atoms with Crippen LogP contribution in [0.3, 0.4) is 0 Å². The molecule has 0 unspecified atom stereocenters. The predicted molar refractivity (Wildman–Crippen MR) is 103 cm³/mol. The highest BCUT2D eigenvalue weighted by Crippen LogP contribution is 2.24. The highest BCUT2D eigenvalue weighted by molar-refractivity contribution is 8.15. The number of amidine groups is 1. The molecule has 2 aromatic carbocycles. The van der Waals surface area contributed by atoms with Gasteiger partial charge in [0.1, 0.15) is 5.75 Å². The minimum Gasteiger partial charge on any atom is -0.497 e. The summed E-state index contributed by atoms with van der Waals surface area (Å²) in [5.41, 5.74) is 1.96. The number of methoxy groups -OCH3 is 1. The summed E-state index contributed by atoms with van der Waals surface area (Å²) in [5, 5.41) is 11.8. The van der Waals surface area contributed by atoms with Crippen molar-refractivity contribution in [2.24, 2.45) is 10.2 Å². The van der Waals surface area contributed by atoms with Crippen LogP contribution in [0, 0.1) is 0 Å². The fourth-order valence-corrected chi connectivity index (χ4v) is 3.35. The first-order valence-electron chi connectivity index (χ1n) is 7.61. The van der Waals surface area contributed by atoms with Gasteiger partial charge in [0, 0.05) is 5.02 Å². The Kier molecular flexibility index (Phi) is 5.73. The average molecular weight is 374 g/mol. The molecule has 1 saturated heterocycles. The predicted octanol–water partition coefficient (Wildman–Crippen LogP) is 3.51. The third-order valence-electron chi connectivity index (χ3n) is 3.58. The third-order valence-corrected chi connectivity index (χ3v) is 4.91. The number of benzene rings is 2. The molecule has 7 heteroatoms. The summed E-state index contributed by atoms with van der Waals surface area (Å²) in [7, 11) is 1.63. The van der Waals surface area contributed by atoms with E-state index in [-0.39, 0.29) is 11.2 Å². The fourth-order valence-electron chi connectivity index (χ4n) is 2.26. The van der Waals surface area contributed by atoms with E-state index in [0.29, 0.717) is 16.6 Å². The molecule has 0 aliphatic carbocycles. The largest absolute Gasteiger partial charge is 0.497 e. The number of hydrogen-bond acceptors (Lipinski definition) is 5. The number of halogens is 1. The number of ether oxygens (including phenoxy) is 1. The van der Waals surface area contributed by atoms with Crippen LogP contribution >= 0.6 is 23.4 Å².